The molecule has 0 N–H and O–H groups in total. The van der Waals surface area contributed by atoms with Crippen LogP contribution in [0.1, 0.15) is 24.0 Å². The molecule has 4 rings (SSSR count). The van der Waals surface area contributed by atoms with Crippen LogP contribution in [-0.2, 0) is 13.0 Å². The summed E-state index contributed by atoms with van der Waals surface area (Å²) in [6.45, 7) is 3.19. The van der Waals surface area contributed by atoms with Crippen LogP contribution in [0.25, 0.3) is 0 Å². The normalized spacial score (nSPS) is 26.3. The molecule has 0 spiro atoms. The van der Waals surface area contributed by atoms with Gasteiger partial charge in [-0.3, -0.25) is 9.88 Å². The summed E-state index contributed by atoms with van der Waals surface area (Å²) in [5.74, 6) is 1.81. The van der Waals surface area contributed by atoms with Crippen LogP contribution in [0.3, 0.4) is 0 Å². The average Bonchev–Trinajstić information content (AvgIpc) is 3.17. The molecule has 0 radical (unpaired) electrons. The maximum Gasteiger partial charge on any atom is 0.138 e. The van der Waals surface area contributed by atoms with E-state index in [1.54, 1.807) is 0 Å². The number of pyridine rings is 1. The van der Waals surface area contributed by atoms with E-state index in [1.807, 2.05) is 30.6 Å². The Balaban J connectivity index is 1.38. The van der Waals surface area contributed by atoms with Gasteiger partial charge in [0.15, 0.2) is 0 Å². The number of hydrogen-bond donors (Lipinski definition) is 0. The van der Waals surface area contributed by atoms with Crippen molar-refractivity contribution in [1.29, 1.82) is 0 Å². The minimum Gasteiger partial charge on any atom is -0.487 e. The molecule has 2 aromatic rings. The fourth-order valence-electron chi connectivity index (χ4n) is 3.80. The van der Waals surface area contributed by atoms with Crippen molar-refractivity contribution in [3.05, 3.63) is 59.9 Å². The largest absolute Gasteiger partial charge is 0.487 e. The van der Waals surface area contributed by atoms with E-state index < -0.39 is 0 Å². The number of benzene rings is 1. The van der Waals surface area contributed by atoms with Crippen LogP contribution >= 0.6 is 0 Å². The molecule has 0 amide bonds. The van der Waals surface area contributed by atoms with Crippen molar-refractivity contribution >= 4 is 0 Å². The van der Waals surface area contributed by atoms with Gasteiger partial charge in [0.1, 0.15) is 12.4 Å². The highest BCUT2D eigenvalue weighted by Gasteiger charge is 2.37. The molecule has 3 heteroatoms. The molecule has 2 aliphatic rings. The molecule has 3 atom stereocenters. The highest BCUT2D eigenvalue weighted by molar-refractivity contribution is 5.25. The lowest BCUT2D eigenvalue weighted by Gasteiger charge is -2.24. The summed E-state index contributed by atoms with van der Waals surface area (Å²) in [6.07, 6.45) is 7.66. The smallest absolute Gasteiger partial charge is 0.138 e. The van der Waals surface area contributed by atoms with E-state index in [-0.39, 0.29) is 0 Å². The topological polar surface area (TPSA) is 25.4 Å². The zero-order chi connectivity index (χ0) is 14.8. The first-order valence-electron chi connectivity index (χ1n) is 8.21. The van der Waals surface area contributed by atoms with Gasteiger partial charge in [0.2, 0.25) is 0 Å². The fraction of sp³-hybridized carbons (Fsp3) is 0.421. The Labute approximate surface area is 131 Å². The molecule has 2 aliphatic heterocycles. The summed E-state index contributed by atoms with van der Waals surface area (Å²) in [7, 11) is 0. The summed E-state index contributed by atoms with van der Waals surface area (Å²) in [5, 5.41) is 0. The van der Waals surface area contributed by atoms with E-state index in [0.717, 1.165) is 18.1 Å². The van der Waals surface area contributed by atoms with Crippen LogP contribution < -0.4 is 4.74 Å². The lowest BCUT2D eigenvalue weighted by atomic mass is 9.96. The zero-order valence-corrected chi connectivity index (χ0v) is 12.8. The number of ether oxygens (including phenoxy) is 1. The minimum atomic E-state index is 0.601. The first kappa shape index (κ1) is 13.8. The van der Waals surface area contributed by atoms with Crippen molar-refractivity contribution in [2.24, 2.45) is 5.92 Å². The van der Waals surface area contributed by atoms with Gasteiger partial charge < -0.3 is 4.74 Å². The Morgan fingerprint density at radius 2 is 2.05 bits per heavy atom. The molecule has 22 heavy (non-hydrogen) atoms. The molecule has 0 aliphatic carbocycles. The quantitative estimate of drug-likeness (QED) is 0.846. The van der Waals surface area contributed by atoms with E-state index in [4.69, 9.17) is 4.74 Å². The van der Waals surface area contributed by atoms with Crippen molar-refractivity contribution in [3.8, 4) is 5.75 Å². The van der Waals surface area contributed by atoms with E-state index in [1.165, 1.54) is 37.1 Å². The monoisotopic (exact) mass is 294 g/mol. The number of fused-ring (bicyclic) bond motifs is 2. The molecule has 3 heterocycles. The Bertz CT molecular complexity index is 628. The third-order valence-corrected chi connectivity index (χ3v) is 4.93. The highest BCUT2D eigenvalue weighted by Crippen LogP contribution is 2.34. The lowest BCUT2D eigenvalue weighted by molar-refractivity contribution is 0.259. The maximum atomic E-state index is 5.88. The second-order valence-corrected chi connectivity index (χ2v) is 6.55. The number of rotatable bonds is 5. The van der Waals surface area contributed by atoms with Crippen LogP contribution in [0.2, 0.25) is 0 Å². The van der Waals surface area contributed by atoms with Gasteiger partial charge in [0, 0.05) is 18.8 Å². The van der Waals surface area contributed by atoms with Crippen LogP contribution in [-0.4, -0.2) is 29.0 Å². The van der Waals surface area contributed by atoms with Crippen molar-refractivity contribution in [2.75, 3.05) is 13.1 Å². The molecule has 0 saturated carbocycles. The Kier molecular flexibility index (Phi) is 3.81. The summed E-state index contributed by atoms with van der Waals surface area (Å²) in [4.78, 5) is 7.00. The Morgan fingerprint density at radius 3 is 2.82 bits per heavy atom. The molecular formula is C19H22N2O. The minimum absolute atomic E-state index is 0.601. The second kappa shape index (κ2) is 6.09. The van der Waals surface area contributed by atoms with Crippen molar-refractivity contribution in [2.45, 2.75) is 31.9 Å². The first-order chi connectivity index (χ1) is 10.9. The van der Waals surface area contributed by atoms with Gasteiger partial charge in [-0.2, -0.15) is 0 Å². The molecule has 2 saturated heterocycles. The third-order valence-electron chi connectivity index (χ3n) is 4.93. The highest BCUT2D eigenvalue weighted by atomic mass is 16.5. The van der Waals surface area contributed by atoms with Crippen LogP contribution in [0.4, 0.5) is 0 Å². The van der Waals surface area contributed by atoms with Gasteiger partial charge in [-0.1, -0.05) is 30.3 Å². The number of aromatic nitrogens is 1. The second-order valence-electron chi connectivity index (χ2n) is 6.55. The molecule has 1 aromatic heterocycles. The summed E-state index contributed by atoms with van der Waals surface area (Å²) in [5.41, 5.74) is 2.48. The van der Waals surface area contributed by atoms with E-state index in [0.29, 0.717) is 12.6 Å². The van der Waals surface area contributed by atoms with Crippen LogP contribution in [0.5, 0.6) is 5.75 Å². The molecule has 3 nitrogen and oxygen atoms in total. The SMILES string of the molecule is c1ccc(COc2cncc(CC3CC4CCN3C4)c2)cc1. The molecule has 2 fully saturated rings. The van der Waals surface area contributed by atoms with Gasteiger partial charge in [-0.15, -0.1) is 0 Å². The van der Waals surface area contributed by atoms with E-state index >= 15 is 0 Å². The Morgan fingerprint density at radius 1 is 1.14 bits per heavy atom. The van der Waals surface area contributed by atoms with Crippen LogP contribution in [0.15, 0.2) is 48.8 Å². The predicted octanol–water partition coefficient (Wildman–Crippen LogP) is 3.30. The van der Waals surface area contributed by atoms with Crippen molar-refractivity contribution in [3.63, 3.8) is 0 Å². The van der Waals surface area contributed by atoms with Crippen molar-refractivity contribution in [1.82, 2.24) is 9.88 Å². The van der Waals surface area contributed by atoms with Gasteiger partial charge >= 0.3 is 0 Å². The maximum absolute atomic E-state index is 5.88. The fourth-order valence-corrected chi connectivity index (χ4v) is 3.80. The number of nitrogens with zero attached hydrogens (tertiary/aromatic N) is 2. The average molecular weight is 294 g/mol. The number of piperidine rings is 1. The standard InChI is InChI=1S/C19H22N2O/c1-2-4-15(5-3-1)14-22-19-10-17(11-20-12-19)9-18-8-16-6-7-21(18)13-16/h1-5,10-12,16,18H,6-9,13-14H2. The van der Waals surface area contributed by atoms with Gasteiger partial charge in [-0.25, -0.2) is 0 Å². The lowest BCUT2D eigenvalue weighted by Crippen LogP contribution is -2.31. The van der Waals surface area contributed by atoms with Gasteiger partial charge in [-0.05, 0) is 48.9 Å². The molecule has 1 aromatic carbocycles. The Hall–Kier alpha value is -1.87. The summed E-state index contributed by atoms with van der Waals surface area (Å²) in [6, 6.07) is 13.1. The number of hydrogen-bond acceptors (Lipinski definition) is 3. The van der Waals surface area contributed by atoms with Crippen LogP contribution in [0, 0.1) is 5.92 Å². The molecule has 114 valence electrons. The zero-order valence-electron chi connectivity index (χ0n) is 12.8. The first-order valence-corrected chi connectivity index (χ1v) is 8.21. The van der Waals surface area contributed by atoms with Gasteiger partial charge in [0.05, 0.1) is 6.20 Å². The summed E-state index contributed by atoms with van der Waals surface area (Å²) >= 11 is 0. The molecular weight excluding hydrogens is 272 g/mol. The third kappa shape index (κ3) is 3.00. The summed E-state index contributed by atoms with van der Waals surface area (Å²) < 4.78 is 5.88. The van der Waals surface area contributed by atoms with E-state index in [2.05, 4.69) is 28.1 Å². The molecule has 3 unspecified atom stereocenters. The van der Waals surface area contributed by atoms with E-state index in [9.17, 15) is 0 Å². The van der Waals surface area contributed by atoms with Gasteiger partial charge in [0.25, 0.3) is 0 Å². The molecule has 2 bridgehead atoms. The predicted molar refractivity (Wildman–Crippen MR) is 86.8 cm³/mol. The van der Waals surface area contributed by atoms with Crippen molar-refractivity contribution < 1.29 is 4.74 Å².